The zero-order valence-corrected chi connectivity index (χ0v) is 13.4. The SMILES string of the molecule is O=S(=O)(c1ccccc1Cl)N1CCN(c2cnsn2)CC1. The Morgan fingerprint density at radius 2 is 1.86 bits per heavy atom. The molecular weight excluding hydrogens is 332 g/mol. The summed E-state index contributed by atoms with van der Waals surface area (Å²) in [7, 11) is -3.54. The van der Waals surface area contributed by atoms with E-state index in [0.717, 1.165) is 17.5 Å². The van der Waals surface area contributed by atoms with Crippen LogP contribution in [0.5, 0.6) is 0 Å². The van der Waals surface area contributed by atoms with Crippen LogP contribution >= 0.6 is 23.3 Å². The van der Waals surface area contributed by atoms with Gasteiger partial charge in [-0.1, -0.05) is 23.7 Å². The van der Waals surface area contributed by atoms with Crippen LogP contribution in [-0.2, 0) is 10.0 Å². The highest BCUT2D eigenvalue weighted by Gasteiger charge is 2.30. The highest BCUT2D eigenvalue weighted by atomic mass is 35.5. The Labute approximate surface area is 132 Å². The summed E-state index contributed by atoms with van der Waals surface area (Å²) in [5.41, 5.74) is 0. The minimum absolute atomic E-state index is 0.162. The van der Waals surface area contributed by atoms with Crippen LogP contribution in [0.4, 0.5) is 5.82 Å². The Morgan fingerprint density at radius 1 is 1.14 bits per heavy atom. The van der Waals surface area contributed by atoms with Gasteiger partial charge in [-0.05, 0) is 12.1 Å². The van der Waals surface area contributed by atoms with Crippen molar-refractivity contribution in [2.24, 2.45) is 0 Å². The Balaban J connectivity index is 1.76. The molecule has 0 amide bonds. The second-order valence-electron chi connectivity index (χ2n) is 4.59. The first-order valence-electron chi connectivity index (χ1n) is 6.36. The maximum Gasteiger partial charge on any atom is 0.244 e. The maximum atomic E-state index is 12.6. The summed E-state index contributed by atoms with van der Waals surface area (Å²) in [6, 6.07) is 6.52. The fourth-order valence-corrected chi connectivity index (χ4v) is 4.60. The molecule has 9 heteroatoms. The Morgan fingerprint density at radius 3 is 2.48 bits per heavy atom. The number of benzene rings is 1. The molecule has 1 saturated heterocycles. The van der Waals surface area contributed by atoms with Crippen LogP contribution in [0.15, 0.2) is 35.4 Å². The van der Waals surface area contributed by atoms with Crippen molar-refractivity contribution in [1.29, 1.82) is 0 Å². The molecule has 2 heterocycles. The highest BCUT2D eigenvalue weighted by Crippen LogP contribution is 2.25. The van der Waals surface area contributed by atoms with Crippen molar-refractivity contribution in [2.75, 3.05) is 31.1 Å². The summed E-state index contributed by atoms with van der Waals surface area (Å²) in [5, 5.41) is 0.253. The van der Waals surface area contributed by atoms with E-state index in [2.05, 4.69) is 8.75 Å². The van der Waals surface area contributed by atoms with Crippen LogP contribution in [0.25, 0.3) is 0 Å². The normalized spacial score (nSPS) is 17.1. The minimum Gasteiger partial charge on any atom is -0.352 e. The van der Waals surface area contributed by atoms with Crippen molar-refractivity contribution in [2.45, 2.75) is 4.90 Å². The largest absolute Gasteiger partial charge is 0.352 e. The molecule has 1 fully saturated rings. The third kappa shape index (κ3) is 2.89. The third-order valence-corrected chi connectivity index (χ3v) is 6.23. The Bertz CT molecular complexity index is 713. The first-order chi connectivity index (χ1) is 10.1. The summed E-state index contributed by atoms with van der Waals surface area (Å²) in [4.78, 5) is 2.19. The van der Waals surface area contributed by atoms with E-state index < -0.39 is 10.0 Å². The van der Waals surface area contributed by atoms with Gasteiger partial charge >= 0.3 is 0 Å². The summed E-state index contributed by atoms with van der Waals surface area (Å²) < 4.78 is 34.8. The van der Waals surface area contributed by atoms with E-state index >= 15 is 0 Å². The lowest BCUT2D eigenvalue weighted by Crippen LogP contribution is -2.48. The van der Waals surface area contributed by atoms with Gasteiger partial charge < -0.3 is 4.90 Å². The monoisotopic (exact) mass is 344 g/mol. The van der Waals surface area contributed by atoms with Crippen molar-refractivity contribution >= 4 is 39.2 Å². The predicted molar refractivity (Wildman–Crippen MR) is 82.3 cm³/mol. The van der Waals surface area contributed by atoms with Crippen molar-refractivity contribution < 1.29 is 8.42 Å². The van der Waals surface area contributed by atoms with E-state index in [4.69, 9.17) is 11.6 Å². The number of hydrogen-bond donors (Lipinski definition) is 0. The predicted octanol–water partition coefficient (Wildman–Crippen LogP) is 1.70. The van der Waals surface area contributed by atoms with Gasteiger partial charge in [-0.15, -0.1) is 0 Å². The molecule has 1 aliphatic heterocycles. The van der Waals surface area contributed by atoms with Crippen LogP contribution in [0.2, 0.25) is 5.02 Å². The molecule has 0 saturated carbocycles. The number of anilines is 1. The Kier molecular flexibility index (Phi) is 4.12. The molecule has 0 atom stereocenters. The van der Waals surface area contributed by atoms with Crippen LogP contribution in [0.3, 0.4) is 0 Å². The zero-order chi connectivity index (χ0) is 14.9. The first-order valence-corrected chi connectivity index (χ1v) is 8.91. The topological polar surface area (TPSA) is 66.4 Å². The van der Waals surface area contributed by atoms with Crippen molar-refractivity contribution in [3.8, 4) is 0 Å². The second-order valence-corrected chi connectivity index (χ2v) is 7.46. The smallest absolute Gasteiger partial charge is 0.244 e. The molecule has 0 bridgehead atoms. The number of halogens is 1. The minimum atomic E-state index is -3.54. The van der Waals surface area contributed by atoms with E-state index in [0.29, 0.717) is 26.2 Å². The molecule has 1 aromatic heterocycles. The van der Waals surface area contributed by atoms with Gasteiger partial charge in [0.15, 0.2) is 5.82 Å². The molecule has 0 radical (unpaired) electrons. The molecule has 3 rings (SSSR count). The molecule has 112 valence electrons. The van der Waals surface area contributed by atoms with Crippen LogP contribution in [-0.4, -0.2) is 47.6 Å². The van der Waals surface area contributed by atoms with Gasteiger partial charge in [-0.2, -0.15) is 13.1 Å². The van der Waals surface area contributed by atoms with Crippen LogP contribution in [0, 0.1) is 0 Å². The summed E-state index contributed by atoms with van der Waals surface area (Å²) in [5.74, 6) is 0.801. The number of nitrogens with zero attached hydrogens (tertiary/aromatic N) is 4. The van der Waals surface area contributed by atoms with E-state index in [1.165, 1.54) is 10.4 Å². The summed E-state index contributed by atoms with van der Waals surface area (Å²) in [6.07, 6.45) is 1.70. The van der Waals surface area contributed by atoms with Crippen molar-refractivity contribution in [1.82, 2.24) is 13.1 Å². The van der Waals surface area contributed by atoms with Gasteiger partial charge in [-0.25, -0.2) is 8.42 Å². The molecule has 0 unspecified atom stereocenters. The second kappa shape index (κ2) is 5.88. The number of aromatic nitrogens is 2. The number of hydrogen-bond acceptors (Lipinski definition) is 6. The zero-order valence-electron chi connectivity index (χ0n) is 11.0. The van der Waals surface area contributed by atoms with E-state index in [1.54, 1.807) is 24.4 Å². The lowest BCUT2D eigenvalue weighted by atomic mass is 10.4. The number of piperazine rings is 1. The van der Waals surface area contributed by atoms with E-state index in [1.807, 2.05) is 4.90 Å². The van der Waals surface area contributed by atoms with E-state index in [-0.39, 0.29) is 9.92 Å². The average Bonchev–Trinajstić information content (AvgIpc) is 3.02. The van der Waals surface area contributed by atoms with Gasteiger partial charge in [0, 0.05) is 26.2 Å². The molecule has 1 aromatic carbocycles. The summed E-state index contributed by atoms with van der Waals surface area (Å²) in [6.45, 7) is 2.00. The fraction of sp³-hybridized carbons (Fsp3) is 0.333. The van der Waals surface area contributed by atoms with Crippen LogP contribution < -0.4 is 4.90 Å². The molecule has 0 N–H and O–H groups in total. The van der Waals surface area contributed by atoms with Crippen LogP contribution in [0.1, 0.15) is 0 Å². The van der Waals surface area contributed by atoms with Gasteiger partial charge in [0.25, 0.3) is 0 Å². The lowest BCUT2D eigenvalue weighted by molar-refractivity contribution is 0.384. The third-order valence-electron chi connectivity index (χ3n) is 3.37. The number of sulfonamides is 1. The lowest BCUT2D eigenvalue weighted by Gasteiger charge is -2.33. The standard InChI is InChI=1S/C12H13ClN4O2S2/c13-10-3-1-2-4-11(10)21(18,19)17-7-5-16(6-8-17)12-9-14-20-15-12/h1-4,9H,5-8H2. The van der Waals surface area contributed by atoms with Gasteiger partial charge in [-0.3, -0.25) is 0 Å². The average molecular weight is 345 g/mol. The van der Waals surface area contributed by atoms with Gasteiger partial charge in [0.2, 0.25) is 10.0 Å². The molecule has 6 nitrogen and oxygen atoms in total. The highest BCUT2D eigenvalue weighted by molar-refractivity contribution is 7.89. The molecule has 0 spiro atoms. The summed E-state index contributed by atoms with van der Waals surface area (Å²) >= 11 is 7.15. The molecule has 21 heavy (non-hydrogen) atoms. The maximum absolute atomic E-state index is 12.6. The molecular formula is C12H13ClN4O2S2. The quantitative estimate of drug-likeness (QED) is 0.848. The Hall–Kier alpha value is -1.22. The number of rotatable bonds is 3. The van der Waals surface area contributed by atoms with Crippen molar-refractivity contribution in [3.63, 3.8) is 0 Å². The molecule has 2 aromatic rings. The molecule has 1 aliphatic rings. The fourth-order valence-electron chi connectivity index (χ4n) is 2.25. The van der Waals surface area contributed by atoms with Crippen molar-refractivity contribution in [3.05, 3.63) is 35.5 Å². The first kappa shape index (κ1) is 14.7. The van der Waals surface area contributed by atoms with E-state index in [9.17, 15) is 8.42 Å². The molecule has 0 aliphatic carbocycles. The van der Waals surface area contributed by atoms with Gasteiger partial charge in [0.05, 0.1) is 22.9 Å². The van der Waals surface area contributed by atoms with Gasteiger partial charge in [0.1, 0.15) is 4.90 Å².